The zero-order valence-corrected chi connectivity index (χ0v) is 7.39. The van der Waals surface area contributed by atoms with Crippen LogP contribution in [0, 0.1) is 11.8 Å². The van der Waals surface area contributed by atoms with E-state index in [4.69, 9.17) is 0 Å². The number of Topliss-reactive ketones (excluding diaryl/α,β-unsaturated/α-hetero) is 1. The van der Waals surface area contributed by atoms with Gasteiger partial charge in [0, 0.05) is 12.3 Å². The number of hydrogen-bond donors (Lipinski definition) is 0. The zero-order valence-electron chi connectivity index (χ0n) is 7.39. The molecule has 1 aliphatic rings. The van der Waals surface area contributed by atoms with Crippen LogP contribution in [-0.4, -0.2) is 5.78 Å². The summed E-state index contributed by atoms with van der Waals surface area (Å²) in [7, 11) is 0. The van der Waals surface area contributed by atoms with E-state index in [1.165, 1.54) is 6.42 Å². The van der Waals surface area contributed by atoms with Crippen molar-refractivity contribution in [1.29, 1.82) is 0 Å². The van der Waals surface area contributed by atoms with Crippen molar-refractivity contribution in [3.05, 3.63) is 12.2 Å². The predicted molar refractivity (Wildman–Crippen MR) is 46.3 cm³/mol. The molecule has 0 N–H and O–H groups in total. The smallest absolute Gasteiger partial charge is 0.140 e. The highest BCUT2D eigenvalue weighted by Crippen LogP contribution is 2.29. The Hall–Kier alpha value is -0.590. The fourth-order valence-electron chi connectivity index (χ4n) is 1.72. The van der Waals surface area contributed by atoms with E-state index in [-0.39, 0.29) is 5.92 Å². The van der Waals surface area contributed by atoms with Gasteiger partial charge in [0.2, 0.25) is 0 Å². The van der Waals surface area contributed by atoms with E-state index in [1.807, 2.05) is 6.92 Å². The van der Waals surface area contributed by atoms with Gasteiger partial charge in [-0.2, -0.15) is 0 Å². The van der Waals surface area contributed by atoms with Crippen molar-refractivity contribution in [2.75, 3.05) is 0 Å². The van der Waals surface area contributed by atoms with Crippen molar-refractivity contribution >= 4 is 5.78 Å². The van der Waals surface area contributed by atoms with Crippen molar-refractivity contribution in [3.8, 4) is 0 Å². The summed E-state index contributed by atoms with van der Waals surface area (Å²) in [6.45, 7) is 7.94. The predicted octanol–water partition coefficient (Wildman–Crippen LogP) is 2.57. The van der Waals surface area contributed by atoms with Crippen LogP contribution in [-0.2, 0) is 4.79 Å². The standard InChI is InChI=1S/C10H16O/c1-7(2)9-5-4-8(3)6-10(9)11/h8-9H,1,4-6H2,2-3H3/t8-,9?/m0/s1. The van der Waals surface area contributed by atoms with Crippen molar-refractivity contribution in [2.45, 2.75) is 33.1 Å². The molecule has 0 aromatic carbocycles. The topological polar surface area (TPSA) is 17.1 Å². The Morgan fingerprint density at radius 2 is 2.18 bits per heavy atom. The van der Waals surface area contributed by atoms with E-state index < -0.39 is 0 Å². The molecular weight excluding hydrogens is 136 g/mol. The lowest BCUT2D eigenvalue weighted by molar-refractivity contribution is -0.124. The van der Waals surface area contributed by atoms with E-state index in [0.717, 1.165) is 18.4 Å². The van der Waals surface area contributed by atoms with Crippen LogP contribution in [0.1, 0.15) is 33.1 Å². The van der Waals surface area contributed by atoms with Gasteiger partial charge in [-0.1, -0.05) is 19.1 Å². The van der Waals surface area contributed by atoms with Crippen LogP contribution in [0.25, 0.3) is 0 Å². The maximum absolute atomic E-state index is 11.4. The van der Waals surface area contributed by atoms with Crippen LogP contribution in [0.5, 0.6) is 0 Å². The first kappa shape index (κ1) is 8.51. The average molecular weight is 152 g/mol. The van der Waals surface area contributed by atoms with Crippen molar-refractivity contribution < 1.29 is 4.79 Å². The molecule has 1 nitrogen and oxygen atoms in total. The van der Waals surface area contributed by atoms with Crippen LogP contribution in [0.4, 0.5) is 0 Å². The summed E-state index contributed by atoms with van der Waals surface area (Å²) < 4.78 is 0. The van der Waals surface area contributed by atoms with E-state index in [1.54, 1.807) is 0 Å². The Balaban J connectivity index is 2.58. The molecule has 1 unspecified atom stereocenters. The van der Waals surface area contributed by atoms with E-state index in [0.29, 0.717) is 11.7 Å². The lowest BCUT2D eigenvalue weighted by Gasteiger charge is -2.24. The monoisotopic (exact) mass is 152 g/mol. The largest absolute Gasteiger partial charge is 0.299 e. The number of carbonyl (C=O) groups excluding carboxylic acids is 1. The summed E-state index contributed by atoms with van der Waals surface area (Å²) in [5.41, 5.74) is 1.04. The number of hydrogen-bond acceptors (Lipinski definition) is 1. The first-order valence-corrected chi connectivity index (χ1v) is 4.29. The quantitative estimate of drug-likeness (QED) is 0.528. The molecule has 1 saturated carbocycles. The molecule has 1 fully saturated rings. The molecule has 0 spiro atoms. The molecular formula is C10H16O. The summed E-state index contributed by atoms with van der Waals surface area (Å²) >= 11 is 0. The van der Waals surface area contributed by atoms with Crippen LogP contribution < -0.4 is 0 Å². The molecule has 1 heteroatoms. The Morgan fingerprint density at radius 3 is 2.64 bits per heavy atom. The maximum atomic E-state index is 11.4. The molecule has 0 aromatic rings. The summed E-state index contributed by atoms with van der Waals surface area (Å²) in [5, 5.41) is 0. The Kier molecular flexibility index (Phi) is 2.48. The molecule has 0 radical (unpaired) electrons. The van der Waals surface area contributed by atoms with Gasteiger partial charge in [0.15, 0.2) is 0 Å². The molecule has 1 aliphatic carbocycles. The lowest BCUT2D eigenvalue weighted by Crippen LogP contribution is -2.23. The van der Waals surface area contributed by atoms with Gasteiger partial charge in [0.05, 0.1) is 0 Å². The third-order valence-electron chi connectivity index (χ3n) is 2.48. The van der Waals surface area contributed by atoms with Gasteiger partial charge in [-0.05, 0) is 25.7 Å². The average Bonchev–Trinajstić information content (AvgIpc) is 1.85. The van der Waals surface area contributed by atoms with Crippen molar-refractivity contribution in [3.63, 3.8) is 0 Å². The minimum atomic E-state index is 0.172. The molecule has 62 valence electrons. The van der Waals surface area contributed by atoms with Crippen LogP contribution >= 0.6 is 0 Å². The zero-order chi connectivity index (χ0) is 8.43. The Morgan fingerprint density at radius 1 is 1.55 bits per heavy atom. The molecule has 0 saturated heterocycles. The highest BCUT2D eigenvalue weighted by atomic mass is 16.1. The summed E-state index contributed by atoms with van der Waals surface area (Å²) in [4.78, 5) is 11.4. The summed E-state index contributed by atoms with van der Waals surface area (Å²) in [5.74, 6) is 1.17. The highest BCUT2D eigenvalue weighted by Gasteiger charge is 2.26. The van der Waals surface area contributed by atoms with Gasteiger partial charge in [0.1, 0.15) is 5.78 Å². The molecule has 11 heavy (non-hydrogen) atoms. The second-order valence-electron chi connectivity index (χ2n) is 3.75. The number of ketones is 1. The van der Waals surface area contributed by atoms with Gasteiger partial charge >= 0.3 is 0 Å². The number of allylic oxidation sites excluding steroid dienone is 1. The van der Waals surface area contributed by atoms with E-state index in [9.17, 15) is 4.79 Å². The normalized spacial score (nSPS) is 32.0. The first-order chi connectivity index (χ1) is 5.11. The SMILES string of the molecule is C=C(C)C1CC[C@H](C)CC1=O. The van der Waals surface area contributed by atoms with E-state index >= 15 is 0 Å². The van der Waals surface area contributed by atoms with Gasteiger partial charge in [-0.15, -0.1) is 0 Å². The third-order valence-corrected chi connectivity index (χ3v) is 2.48. The van der Waals surface area contributed by atoms with Gasteiger partial charge < -0.3 is 0 Å². The first-order valence-electron chi connectivity index (χ1n) is 4.29. The number of carbonyl (C=O) groups is 1. The molecule has 0 bridgehead atoms. The third kappa shape index (κ3) is 1.92. The second-order valence-corrected chi connectivity index (χ2v) is 3.75. The minimum absolute atomic E-state index is 0.172. The Labute approximate surface area is 68.5 Å². The summed E-state index contributed by atoms with van der Waals surface area (Å²) in [6.07, 6.45) is 2.97. The highest BCUT2D eigenvalue weighted by molar-refractivity contribution is 5.84. The molecule has 0 aromatic heterocycles. The van der Waals surface area contributed by atoms with Crippen LogP contribution in [0.3, 0.4) is 0 Å². The van der Waals surface area contributed by atoms with Crippen molar-refractivity contribution in [1.82, 2.24) is 0 Å². The molecule has 1 rings (SSSR count). The Bertz CT molecular complexity index is 181. The maximum Gasteiger partial charge on any atom is 0.140 e. The minimum Gasteiger partial charge on any atom is -0.299 e. The van der Waals surface area contributed by atoms with Gasteiger partial charge in [-0.25, -0.2) is 0 Å². The van der Waals surface area contributed by atoms with Gasteiger partial charge in [0.25, 0.3) is 0 Å². The second kappa shape index (κ2) is 3.21. The molecule has 0 heterocycles. The molecule has 0 amide bonds. The number of rotatable bonds is 1. The molecule has 2 atom stereocenters. The van der Waals surface area contributed by atoms with E-state index in [2.05, 4.69) is 13.5 Å². The van der Waals surface area contributed by atoms with Crippen LogP contribution in [0.15, 0.2) is 12.2 Å². The molecule has 0 aliphatic heterocycles. The van der Waals surface area contributed by atoms with Crippen molar-refractivity contribution in [2.24, 2.45) is 11.8 Å². The fourth-order valence-corrected chi connectivity index (χ4v) is 1.72. The van der Waals surface area contributed by atoms with Gasteiger partial charge in [-0.3, -0.25) is 4.79 Å². The summed E-state index contributed by atoms with van der Waals surface area (Å²) in [6, 6.07) is 0. The lowest BCUT2D eigenvalue weighted by atomic mass is 9.79. The fraction of sp³-hybridized carbons (Fsp3) is 0.700. The van der Waals surface area contributed by atoms with Crippen LogP contribution in [0.2, 0.25) is 0 Å².